The van der Waals surface area contributed by atoms with E-state index in [1.54, 1.807) is 24.3 Å². The van der Waals surface area contributed by atoms with Crippen molar-refractivity contribution in [2.45, 2.75) is 39.7 Å². The van der Waals surface area contributed by atoms with Crippen LogP contribution in [0.15, 0.2) is 24.3 Å². The highest BCUT2D eigenvalue weighted by Crippen LogP contribution is 2.08. The van der Waals surface area contributed by atoms with E-state index in [2.05, 4.69) is 19.2 Å². The van der Waals surface area contributed by atoms with E-state index in [4.69, 9.17) is 18.0 Å². The zero-order valence-corrected chi connectivity index (χ0v) is 12.6. The Kier molecular flexibility index (Phi) is 5.96. The molecule has 1 atom stereocenters. The van der Waals surface area contributed by atoms with Crippen molar-refractivity contribution >= 4 is 23.1 Å². The van der Waals surface area contributed by atoms with Gasteiger partial charge in [0.25, 0.3) is 5.91 Å². The quantitative estimate of drug-likeness (QED) is 0.787. The summed E-state index contributed by atoms with van der Waals surface area (Å²) in [5, 5.41) is 3.00. The van der Waals surface area contributed by atoms with Crippen LogP contribution in [0.4, 0.5) is 0 Å². The Labute approximate surface area is 120 Å². The average Bonchev–Trinajstić information content (AvgIpc) is 2.36. The monoisotopic (exact) mass is 278 g/mol. The molecule has 0 heterocycles. The van der Waals surface area contributed by atoms with Gasteiger partial charge in [-0.1, -0.05) is 38.2 Å². The van der Waals surface area contributed by atoms with Crippen LogP contribution in [0.2, 0.25) is 0 Å². The molecular formula is C15H22N2OS. The second kappa shape index (κ2) is 7.24. The summed E-state index contributed by atoms with van der Waals surface area (Å²) in [5.41, 5.74) is 6.93. The predicted molar refractivity (Wildman–Crippen MR) is 83.3 cm³/mol. The van der Waals surface area contributed by atoms with Crippen LogP contribution in [-0.4, -0.2) is 16.9 Å². The third-order valence-corrected chi connectivity index (χ3v) is 3.22. The van der Waals surface area contributed by atoms with E-state index < -0.39 is 0 Å². The van der Waals surface area contributed by atoms with E-state index in [0.29, 0.717) is 16.5 Å². The minimum atomic E-state index is -0.0502. The minimum Gasteiger partial charge on any atom is -0.389 e. The van der Waals surface area contributed by atoms with Gasteiger partial charge in [0.1, 0.15) is 4.99 Å². The molecule has 3 N–H and O–H groups in total. The van der Waals surface area contributed by atoms with Gasteiger partial charge in [0.05, 0.1) is 0 Å². The lowest BCUT2D eigenvalue weighted by atomic mass is 10.0. The summed E-state index contributed by atoms with van der Waals surface area (Å²) >= 11 is 4.88. The Bertz CT molecular complexity index is 440. The van der Waals surface area contributed by atoms with Crippen molar-refractivity contribution in [2.24, 2.45) is 11.7 Å². The number of nitrogens with one attached hydrogen (secondary N) is 1. The summed E-state index contributed by atoms with van der Waals surface area (Å²) in [6.07, 6.45) is 2.11. The summed E-state index contributed by atoms with van der Waals surface area (Å²) in [6, 6.07) is 7.23. The SMILES string of the molecule is CC(C)CCC(C)NC(=O)c1ccc(C(N)=S)cc1. The first kappa shape index (κ1) is 15.6. The molecule has 0 bridgehead atoms. The number of carbonyl (C=O) groups is 1. The van der Waals surface area contributed by atoms with Gasteiger partial charge in [-0.15, -0.1) is 0 Å². The number of thiocarbonyl (C=S) groups is 1. The summed E-state index contributed by atoms with van der Waals surface area (Å²) in [7, 11) is 0. The molecule has 104 valence electrons. The third kappa shape index (κ3) is 5.39. The van der Waals surface area contributed by atoms with E-state index in [1.807, 2.05) is 6.92 Å². The number of benzene rings is 1. The lowest BCUT2D eigenvalue weighted by Gasteiger charge is -2.15. The molecule has 1 rings (SSSR count). The van der Waals surface area contributed by atoms with Crippen LogP contribution in [0.1, 0.15) is 49.5 Å². The van der Waals surface area contributed by atoms with Gasteiger partial charge in [-0.3, -0.25) is 4.79 Å². The lowest BCUT2D eigenvalue weighted by Crippen LogP contribution is -2.32. The first-order valence-corrected chi connectivity index (χ1v) is 7.01. The van der Waals surface area contributed by atoms with Crippen molar-refractivity contribution in [1.29, 1.82) is 0 Å². The first-order chi connectivity index (χ1) is 8.90. The maximum atomic E-state index is 12.0. The van der Waals surface area contributed by atoms with Gasteiger partial charge in [0.2, 0.25) is 0 Å². The molecule has 0 aromatic heterocycles. The van der Waals surface area contributed by atoms with E-state index >= 15 is 0 Å². The lowest BCUT2D eigenvalue weighted by molar-refractivity contribution is 0.0937. The molecule has 1 amide bonds. The van der Waals surface area contributed by atoms with E-state index in [1.165, 1.54) is 0 Å². The number of hydrogen-bond donors (Lipinski definition) is 2. The van der Waals surface area contributed by atoms with Crippen LogP contribution in [0.5, 0.6) is 0 Å². The molecule has 0 saturated heterocycles. The van der Waals surface area contributed by atoms with E-state index in [-0.39, 0.29) is 11.9 Å². The van der Waals surface area contributed by atoms with Gasteiger partial charge in [0.15, 0.2) is 0 Å². The molecule has 1 aromatic rings. The molecule has 0 spiro atoms. The highest BCUT2D eigenvalue weighted by Gasteiger charge is 2.10. The number of hydrogen-bond acceptors (Lipinski definition) is 2. The molecule has 19 heavy (non-hydrogen) atoms. The highest BCUT2D eigenvalue weighted by molar-refractivity contribution is 7.80. The molecule has 1 unspecified atom stereocenters. The maximum absolute atomic E-state index is 12.0. The van der Waals surface area contributed by atoms with Crippen LogP contribution in [-0.2, 0) is 0 Å². The Morgan fingerprint density at radius 3 is 2.16 bits per heavy atom. The molecule has 0 aliphatic heterocycles. The Morgan fingerprint density at radius 1 is 1.16 bits per heavy atom. The molecule has 3 nitrogen and oxygen atoms in total. The summed E-state index contributed by atoms with van der Waals surface area (Å²) in [5.74, 6) is 0.606. The number of nitrogens with two attached hydrogens (primary N) is 1. The Hall–Kier alpha value is -1.42. The summed E-state index contributed by atoms with van der Waals surface area (Å²) < 4.78 is 0. The van der Waals surface area contributed by atoms with Crippen LogP contribution in [0.25, 0.3) is 0 Å². The summed E-state index contributed by atoms with van der Waals surface area (Å²) in [6.45, 7) is 6.40. The molecule has 0 aliphatic carbocycles. The first-order valence-electron chi connectivity index (χ1n) is 6.61. The second-order valence-electron chi connectivity index (χ2n) is 5.29. The molecular weight excluding hydrogens is 256 g/mol. The van der Waals surface area contributed by atoms with Crippen LogP contribution in [0, 0.1) is 5.92 Å². The fourth-order valence-electron chi connectivity index (χ4n) is 1.75. The highest BCUT2D eigenvalue weighted by atomic mass is 32.1. The van der Waals surface area contributed by atoms with E-state index in [9.17, 15) is 4.79 Å². The summed E-state index contributed by atoms with van der Waals surface area (Å²) in [4.78, 5) is 12.4. The number of rotatable bonds is 6. The molecule has 0 aliphatic rings. The third-order valence-electron chi connectivity index (χ3n) is 2.99. The average molecular weight is 278 g/mol. The molecule has 4 heteroatoms. The van der Waals surface area contributed by atoms with Gasteiger partial charge in [-0.2, -0.15) is 0 Å². The van der Waals surface area contributed by atoms with Gasteiger partial charge < -0.3 is 11.1 Å². The van der Waals surface area contributed by atoms with Crippen molar-refractivity contribution in [2.75, 3.05) is 0 Å². The molecule has 1 aromatic carbocycles. The molecule has 0 fully saturated rings. The van der Waals surface area contributed by atoms with Crippen molar-refractivity contribution in [3.63, 3.8) is 0 Å². The number of carbonyl (C=O) groups excluding carboxylic acids is 1. The zero-order valence-electron chi connectivity index (χ0n) is 11.8. The van der Waals surface area contributed by atoms with Crippen LogP contribution >= 0.6 is 12.2 Å². The minimum absolute atomic E-state index is 0.0502. The van der Waals surface area contributed by atoms with Gasteiger partial charge >= 0.3 is 0 Å². The van der Waals surface area contributed by atoms with Gasteiger partial charge in [-0.05, 0) is 37.8 Å². The van der Waals surface area contributed by atoms with Crippen molar-refractivity contribution in [3.05, 3.63) is 35.4 Å². The molecule has 0 saturated carbocycles. The van der Waals surface area contributed by atoms with Gasteiger partial charge in [-0.25, -0.2) is 0 Å². The predicted octanol–water partition coefficient (Wildman–Crippen LogP) is 2.88. The second-order valence-corrected chi connectivity index (χ2v) is 5.73. The van der Waals surface area contributed by atoms with Gasteiger partial charge in [0, 0.05) is 17.2 Å². The van der Waals surface area contributed by atoms with Crippen LogP contribution in [0.3, 0.4) is 0 Å². The smallest absolute Gasteiger partial charge is 0.251 e. The largest absolute Gasteiger partial charge is 0.389 e. The zero-order chi connectivity index (χ0) is 14.4. The maximum Gasteiger partial charge on any atom is 0.251 e. The fraction of sp³-hybridized carbons (Fsp3) is 0.467. The van der Waals surface area contributed by atoms with Crippen molar-refractivity contribution in [1.82, 2.24) is 5.32 Å². The normalized spacial score (nSPS) is 12.2. The fourth-order valence-corrected chi connectivity index (χ4v) is 1.88. The number of amides is 1. The standard InChI is InChI=1S/C15H22N2OS/c1-10(2)4-5-11(3)17-15(18)13-8-6-12(7-9-13)14(16)19/h6-11H,4-5H2,1-3H3,(H2,16,19)(H,17,18). The molecule has 0 radical (unpaired) electrons. The topological polar surface area (TPSA) is 55.1 Å². The van der Waals surface area contributed by atoms with E-state index in [0.717, 1.165) is 18.4 Å². The Morgan fingerprint density at radius 2 is 1.68 bits per heavy atom. The van der Waals surface area contributed by atoms with Crippen molar-refractivity contribution in [3.8, 4) is 0 Å². The van der Waals surface area contributed by atoms with Crippen LogP contribution < -0.4 is 11.1 Å². The Balaban J connectivity index is 2.55. The van der Waals surface area contributed by atoms with Crippen molar-refractivity contribution < 1.29 is 4.79 Å².